The number of esters is 1. The van der Waals surface area contributed by atoms with Gasteiger partial charge in [-0.05, 0) is 51.9 Å². The van der Waals surface area contributed by atoms with E-state index >= 15 is 0 Å². The molecule has 5 rings (SSSR count). The Morgan fingerprint density at radius 1 is 1.13 bits per heavy atom. The van der Waals surface area contributed by atoms with Crippen molar-refractivity contribution in [3.05, 3.63) is 51.7 Å². The van der Waals surface area contributed by atoms with Crippen molar-refractivity contribution >= 4 is 57.3 Å². The number of hydrogen-bond donors (Lipinski definition) is 2. The summed E-state index contributed by atoms with van der Waals surface area (Å²) in [6, 6.07) is 7.23. The first-order chi connectivity index (χ1) is 21.7. The van der Waals surface area contributed by atoms with Crippen molar-refractivity contribution < 1.29 is 14.3 Å². The van der Waals surface area contributed by atoms with Crippen molar-refractivity contribution in [2.45, 2.75) is 52.0 Å². The van der Waals surface area contributed by atoms with Gasteiger partial charge in [0.15, 0.2) is 5.13 Å². The van der Waals surface area contributed by atoms with Gasteiger partial charge in [0.1, 0.15) is 35.0 Å². The summed E-state index contributed by atoms with van der Waals surface area (Å²) in [6.45, 7) is 8.17. The van der Waals surface area contributed by atoms with E-state index in [0.29, 0.717) is 44.9 Å². The van der Waals surface area contributed by atoms with Gasteiger partial charge < -0.3 is 20.3 Å². The van der Waals surface area contributed by atoms with Crippen LogP contribution in [0.5, 0.6) is 0 Å². The highest BCUT2D eigenvalue weighted by Gasteiger charge is 2.28. The molecular formula is C32H43ClN8O3S. The molecule has 1 unspecified atom stereocenters. The lowest BCUT2D eigenvalue weighted by Crippen LogP contribution is -2.48. The van der Waals surface area contributed by atoms with Crippen LogP contribution in [0.1, 0.15) is 53.2 Å². The lowest BCUT2D eigenvalue weighted by molar-refractivity contribution is -0.150. The van der Waals surface area contributed by atoms with Gasteiger partial charge in [0, 0.05) is 38.8 Å². The van der Waals surface area contributed by atoms with Crippen molar-refractivity contribution in [2.75, 3.05) is 69.0 Å². The molecule has 3 heterocycles. The van der Waals surface area contributed by atoms with E-state index in [4.69, 9.17) is 16.3 Å². The number of halogens is 1. The number of likely N-dealkylation sites (N-methyl/N-ethyl adjacent to an activating group) is 1. The van der Waals surface area contributed by atoms with Gasteiger partial charge in [-0.2, -0.15) is 0 Å². The van der Waals surface area contributed by atoms with Crippen molar-refractivity contribution in [3.63, 3.8) is 0 Å². The van der Waals surface area contributed by atoms with Crippen molar-refractivity contribution in [2.24, 2.45) is 5.92 Å². The number of nitrogens with one attached hydrogen (secondary N) is 2. The van der Waals surface area contributed by atoms with Gasteiger partial charge in [-0.3, -0.25) is 19.4 Å². The number of para-hydroxylation sites is 1. The number of ether oxygens (including phenoxy) is 1. The van der Waals surface area contributed by atoms with E-state index in [1.807, 2.05) is 51.0 Å². The molecule has 1 aliphatic heterocycles. The van der Waals surface area contributed by atoms with E-state index in [-0.39, 0.29) is 17.9 Å². The highest BCUT2D eigenvalue weighted by atomic mass is 35.5. The third kappa shape index (κ3) is 8.90. The summed E-state index contributed by atoms with van der Waals surface area (Å²) in [7, 11) is 3.93. The molecular weight excluding hydrogens is 612 g/mol. The van der Waals surface area contributed by atoms with Crippen LogP contribution in [0, 0.1) is 19.8 Å². The molecule has 2 aliphatic rings. The number of amides is 1. The molecule has 2 N–H and O–H groups in total. The molecule has 1 amide bonds. The predicted molar refractivity (Wildman–Crippen MR) is 180 cm³/mol. The highest BCUT2D eigenvalue weighted by molar-refractivity contribution is 7.17. The molecule has 3 aromatic rings. The third-order valence-corrected chi connectivity index (χ3v) is 9.75. The largest absolute Gasteiger partial charge is 0.463 e. The van der Waals surface area contributed by atoms with Gasteiger partial charge in [0.05, 0.1) is 16.9 Å². The number of benzene rings is 1. The molecule has 45 heavy (non-hydrogen) atoms. The molecule has 1 aliphatic carbocycles. The molecule has 2 aromatic heterocycles. The summed E-state index contributed by atoms with van der Waals surface area (Å²) in [5.41, 5.74) is 1.48. The number of hydrogen-bond acceptors (Lipinski definition) is 11. The molecule has 1 atom stereocenters. The van der Waals surface area contributed by atoms with Crippen LogP contribution in [0.15, 0.2) is 30.5 Å². The Labute approximate surface area is 274 Å². The van der Waals surface area contributed by atoms with Crippen LogP contribution >= 0.6 is 22.9 Å². The Morgan fingerprint density at radius 3 is 2.60 bits per heavy atom. The second kappa shape index (κ2) is 15.3. The van der Waals surface area contributed by atoms with Gasteiger partial charge in [-0.1, -0.05) is 60.8 Å². The fraction of sp³-hybridized carbons (Fsp3) is 0.531. The fourth-order valence-electron chi connectivity index (χ4n) is 5.94. The zero-order valence-corrected chi connectivity index (χ0v) is 28.1. The van der Waals surface area contributed by atoms with Gasteiger partial charge in [-0.15, -0.1) is 0 Å². The Kier molecular flexibility index (Phi) is 11.2. The van der Waals surface area contributed by atoms with Crippen LogP contribution < -0.4 is 15.5 Å². The molecule has 242 valence electrons. The molecule has 1 saturated carbocycles. The average Bonchev–Trinajstić information content (AvgIpc) is 3.70. The maximum atomic E-state index is 12.9. The molecule has 0 radical (unpaired) electrons. The maximum absolute atomic E-state index is 12.9. The number of rotatable bonds is 12. The van der Waals surface area contributed by atoms with Crippen LogP contribution in [0.3, 0.4) is 0 Å². The van der Waals surface area contributed by atoms with Crippen molar-refractivity contribution in [1.82, 2.24) is 24.8 Å². The molecule has 11 nitrogen and oxygen atoms in total. The number of aryl methyl sites for hydroxylation is 2. The van der Waals surface area contributed by atoms with E-state index < -0.39 is 0 Å². The van der Waals surface area contributed by atoms with E-state index in [9.17, 15) is 9.59 Å². The Balaban J connectivity index is 1.10. The highest BCUT2D eigenvalue weighted by Crippen LogP contribution is 2.30. The standard InChI is InChI=1S/C32H43ClN8O3S/c1-21-8-7-11-24(33)29(21)38-30(42)26-20-34-32(45-26)37-27-19-28(36-22(2)35-27)41-14-12-40(13-15-41)16-17-44-31(43)25(39(3)4)18-23-9-5-6-10-23/h7-8,11,19-20,23,25H,5-6,9-10,12-18H2,1-4H3,(H,38,42)(H,34,35,36,37). The lowest BCUT2D eigenvalue weighted by atomic mass is 9.98. The number of anilines is 4. The number of nitrogens with zero attached hydrogens (tertiary/aromatic N) is 6. The normalized spacial score (nSPS) is 16.6. The molecule has 1 saturated heterocycles. The fourth-order valence-corrected chi connectivity index (χ4v) is 6.93. The third-order valence-electron chi connectivity index (χ3n) is 8.52. The van der Waals surface area contributed by atoms with Crippen LogP contribution in [0.25, 0.3) is 0 Å². The van der Waals surface area contributed by atoms with Crippen LogP contribution in [0.2, 0.25) is 5.02 Å². The summed E-state index contributed by atoms with van der Waals surface area (Å²) in [4.78, 5) is 46.3. The van der Waals surface area contributed by atoms with E-state index in [1.54, 1.807) is 6.07 Å². The van der Waals surface area contributed by atoms with E-state index in [1.165, 1.54) is 43.2 Å². The first kappa shape index (κ1) is 33.1. The number of carbonyl (C=O) groups is 2. The lowest BCUT2D eigenvalue weighted by Gasteiger charge is -2.35. The predicted octanol–water partition coefficient (Wildman–Crippen LogP) is 5.37. The minimum Gasteiger partial charge on any atom is -0.463 e. The van der Waals surface area contributed by atoms with Gasteiger partial charge >= 0.3 is 5.97 Å². The smallest absolute Gasteiger partial charge is 0.323 e. The molecule has 0 bridgehead atoms. The second-order valence-corrected chi connectivity index (χ2v) is 13.5. The quantitative estimate of drug-likeness (QED) is 0.247. The number of piperazine rings is 1. The van der Waals surface area contributed by atoms with Gasteiger partial charge in [0.25, 0.3) is 5.91 Å². The average molecular weight is 655 g/mol. The Hall–Kier alpha value is -3.32. The summed E-state index contributed by atoms with van der Waals surface area (Å²) >= 11 is 7.51. The topological polar surface area (TPSA) is 116 Å². The molecule has 1 aromatic carbocycles. The van der Waals surface area contributed by atoms with Crippen LogP contribution in [0.4, 0.5) is 22.5 Å². The van der Waals surface area contributed by atoms with Gasteiger partial charge in [-0.25, -0.2) is 15.0 Å². The Bertz CT molecular complexity index is 1450. The minimum atomic E-state index is -0.273. The van der Waals surface area contributed by atoms with Crippen LogP contribution in [-0.2, 0) is 9.53 Å². The van der Waals surface area contributed by atoms with E-state index in [0.717, 1.165) is 50.5 Å². The van der Waals surface area contributed by atoms with Crippen molar-refractivity contribution in [3.8, 4) is 0 Å². The number of thiazole rings is 1. The summed E-state index contributed by atoms with van der Waals surface area (Å²) in [6.07, 6.45) is 7.42. The molecule has 13 heteroatoms. The maximum Gasteiger partial charge on any atom is 0.323 e. The first-order valence-corrected chi connectivity index (χ1v) is 16.8. The first-order valence-electron chi connectivity index (χ1n) is 15.6. The minimum absolute atomic E-state index is 0.106. The van der Waals surface area contributed by atoms with E-state index in [2.05, 4.69) is 35.4 Å². The SMILES string of the molecule is Cc1nc(Nc2ncc(C(=O)Nc3c(C)cccc3Cl)s2)cc(N2CCN(CCOC(=O)C(CC3CCCC3)N(C)C)CC2)n1. The Morgan fingerprint density at radius 2 is 1.89 bits per heavy atom. The second-order valence-electron chi connectivity index (χ2n) is 12.1. The number of aromatic nitrogens is 3. The molecule has 0 spiro atoms. The zero-order chi connectivity index (χ0) is 31.9. The summed E-state index contributed by atoms with van der Waals surface area (Å²) in [5.74, 6) is 2.34. The number of carbonyl (C=O) groups excluding carboxylic acids is 2. The monoisotopic (exact) mass is 654 g/mol. The van der Waals surface area contributed by atoms with Crippen molar-refractivity contribution in [1.29, 1.82) is 0 Å². The van der Waals surface area contributed by atoms with Crippen LogP contribution in [-0.4, -0.2) is 96.1 Å². The summed E-state index contributed by atoms with van der Waals surface area (Å²) in [5, 5.41) is 7.16. The summed E-state index contributed by atoms with van der Waals surface area (Å²) < 4.78 is 5.73. The van der Waals surface area contributed by atoms with Gasteiger partial charge in [0.2, 0.25) is 0 Å². The molecule has 2 fully saturated rings. The zero-order valence-electron chi connectivity index (χ0n) is 26.5.